The number of amides is 1. The van der Waals surface area contributed by atoms with Gasteiger partial charge < -0.3 is 11.1 Å². The lowest BCUT2D eigenvalue weighted by Gasteiger charge is -2.26. The third kappa shape index (κ3) is 3.28. The normalized spacial score (nSPS) is 32.2. The molecule has 3 aliphatic rings. The van der Waals surface area contributed by atoms with Crippen molar-refractivity contribution in [3.8, 4) is 0 Å². The molecule has 0 radical (unpaired) electrons. The highest BCUT2D eigenvalue weighted by Crippen LogP contribution is 2.47. The first-order valence-electron chi connectivity index (χ1n) is 7.70. The molecule has 2 bridgehead atoms. The molecule has 124 valence electrons. The zero-order valence-corrected chi connectivity index (χ0v) is 14.8. The number of nitrogens with one attached hydrogen (secondary N) is 1. The van der Waals surface area contributed by atoms with Crippen LogP contribution < -0.4 is 11.1 Å². The van der Waals surface area contributed by atoms with Crippen molar-refractivity contribution < 1.29 is 4.79 Å². The van der Waals surface area contributed by atoms with Gasteiger partial charge in [-0.15, -0.1) is 36.2 Å². The Labute approximate surface area is 147 Å². The van der Waals surface area contributed by atoms with Crippen molar-refractivity contribution in [1.29, 1.82) is 0 Å². The molecule has 4 rings (SSSR count). The third-order valence-corrected chi connectivity index (χ3v) is 6.13. The molecule has 22 heavy (non-hydrogen) atoms. The first-order chi connectivity index (χ1) is 9.72. The van der Waals surface area contributed by atoms with Crippen LogP contribution in [0.15, 0.2) is 5.38 Å². The van der Waals surface area contributed by atoms with E-state index in [1.54, 1.807) is 11.3 Å². The number of nitrogens with two attached hydrogens (primary N) is 1. The van der Waals surface area contributed by atoms with Crippen molar-refractivity contribution in [2.24, 2.45) is 23.5 Å². The summed E-state index contributed by atoms with van der Waals surface area (Å²) in [5.74, 6) is 1.98. The molecule has 1 aromatic heterocycles. The van der Waals surface area contributed by atoms with Crippen molar-refractivity contribution >= 4 is 42.1 Å². The first kappa shape index (κ1) is 18.0. The highest BCUT2D eigenvalue weighted by atomic mass is 35.5. The molecule has 3 fully saturated rings. The summed E-state index contributed by atoms with van der Waals surface area (Å²) in [5, 5.41) is 6.22. The van der Waals surface area contributed by atoms with Crippen LogP contribution in [-0.2, 0) is 11.3 Å². The fraction of sp³-hybridized carbons (Fsp3) is 0.733. The minimum atomic E-state index is 0. The molecule has 0 aromatic carbocycles. The molecule has 7 heteroatoms. The second-order valence-corrected chi connectivity index (χ2v) is 7.54. The molecule has 3 saturated carbocycles. The molecule has 4 unspecified atom stereocenters. The Morgan fingerprint density at radius 2 is 2.00 bits per heavy atom. The second-order valence-electron chi connectivity index (χ2n) is 6.59. The van der Waals surface area contributed by atoms with Gasteiger partial charge in [0.15, 0.2) is 0 Å². The predicted octanol–water partition coefficient (Wildman–Crippen LogP) is 2.85. The van der Waals surface area contributed by atoms with E-state index in [2.05, 4.69) is 15.7 Å². The van der Waals surface area contributed by atoms with Crippen molar-refractivity contribution in [2.75, 3.05) is 0 Å². The molecule has 1 amide bonds. The van der Waals surface area contributed by atoms with E-state index in [9.17, 15) is 4.79 Å². The van der Waals surface area contributed by atoms with E-state index in [0.717, 1.165) is 11.4 Å². The number of rotatable bonds is 4. The maximum atomic E-state index is 12.4. The topological polar surface area (TPSA) is 68.0 Å². The van der Waals surface area contributed by atoms with Gasteiger partial charge in [-0.3, -0.25) is 4.79 Å². The number of thiazole rings is 1. The smallest absolute Gasteiger partial charge is 0.225 e. The molecular formula is C15H23Cl2N3OS. The van der Waals surface area contributed by atoms with E-state index in [1.807, 2.05) is 0 Å². The van der Waals surface area contributed by atoms with Gasteiger partial charge in [0.1, 0.15) is 5.01 Å². The van der Waals surface area contributed by atoms with Crippen LogP contribution in [0.25, 0.3) is 0 Å². The van der Waals surface area contributed by atoms with E-state index >= 15 is 0 Å². The summed E-state index contributed by atoms with van der Waals surface area (Å²) in [6.45, 7) is 0.566. The van der Waals surface area contributed by atoms with E-state index in [4.69, 9.17) is 5.73 Å². The summed E-state index contributed by atoms with van der Waals surface area (Å²) in [5.41, 5.74) is 7.43. The number of aromatic nitrogens is 1. The van der Waals surface area contributed by atoms with Crippen LogP contribution in [0.1, 0.15) is 48.7 Å². The molecule has 0 saturated heterocycles. The van der Waals surface area contributed by atoms with E-state index < -0.39 is 0 Å². The van der Waals surface area contributed by atoms with Gasteiger partial charge in [0.2, 0.25) is 5.91 Å². The Bertz CT molecular complexity index is 533. The first-order valence-corrected chi connectivity index (χ1v) is 8.58. The number of carbonyl (C=O) groups is 1. The largest absolute Gasteiger partial charge is 0.349 e. The number of carbonyl (C=O) groups excluding carboxylic acids is 1. The van der Waals surface area contributed by atoms with Gasteiger partial charge in [-0.1, -0.05) is 0 Å². The lowest BCUT2D eigenvalue weighted by Crippen LogP contribution is -2.45. The SMILES string of the molecule is Cl.Cl.NC1C2CCC(C2)C1C(=O)NCc1nc(C2CC2)cs1. The molecule has 4 nitrogen and oxygen atoms in total. The lowest BCUT2D eigenvalue weighted by molar-refractivity contribution is -0.127. The minimum Gasteiger partial charge on any atom is -0.349 e. The summed E-state index contributed by atoms with van der Waals surface area (Å²) in [6.07, 6.45) is 6.10. The van der Waals surface area contributed by atoms with Crippen LogP contribution in [0.2, 0.25) is 0 Å². The van der Waals surface area contributed by atoms with Gasteiger partial charge in [0.25, 0.3) is 0 Å². The van der Waals surface area contributed by atoms with E-state index in [-0.39, 0.29) is 42.7 Å². The Balaban J connectivity index is 0.000000882. The highest BCUT2D eigenvalue weighted by molar-refractivity contribution is 7.09. The van der Waals surface area contributed by atoms with Crippen LogP contribution in [-0.4, -0.2) is 16.9 Å². The molecule has 3 N–H and O–H groups in total. The van der Waals surface area contributed by atoms with Gasteiger partial charge in [0, 0.05) is 17.3 Å². The quantitative estimate of drug-likeness (QED) is 0.863. The lowest BCUT2D eigenvalue weighted by atomic mass is 9.84. The second kappa shape index (κ2) is 7.04. The fourth-order valence-corrected chi connectivity index (χ4v) is 4.79. The average Bonchev–Trinajstić information content (AvgIpc) is 2.88. The predicted molar refractivity (Wildman–Crippen MR) is 92.7 cm³/mol. The summed E-state index contributed by atoms with van der Waals surface area (Å²) < 4.78 is 0. The summed E-state index contributed by atoms with van der Waals surface area (Å²) in [4.78, 5) is 17.0. The molecule has 3 aliphatic carbocycles. The third-order valence-electron chi connectivity index (χ3n) is 5.26. The Kier molecular flexibility index (Phi) is 5.75. The molecule has 0 spiro atoms. The van der Waals surface area contributed by atoms with Gasteiger partial charge in [-0.25, -0.2) is 4.98 Å². The summed E-state index contributed by atoms with van der Waals surface area (Å²) in [6, 6.07) is 0.0760. The van der Waals surface area contributed by atoms with Crippen molar-refractivity contribution in [1.82, 2.24) is 10.3 Å². The number of halogens is 2. The Morgan fingerprint density at radius 1 is 1.27 bits per heavy atom. The van der Waals surface area contributed by atoms with Gasteiger partial charge in [0.05, 0.1) is 18.2 Å². The molecule has 1 heterocycles. The van der Waals surface area contributed by atoms with Crippen molar-refractivity contribution in [2.45, 2.75) is 50.6 Å². The van der Waals surface area contributed by atoms with Crippen LogP contribution in [0, 0.1) is 17.8 Å². The number of nitrogens with zero attached hydrogens (tertiary/aromatic N) is 1. The monoisotopic (exact) mass is 363 g/mol. The van der Waals surface area contributed by atoms with Gasteiger partial charge in [-0.2, -0.15) is 0 Å². The van der Waals surface area contributed by atoms with Crippen LogP contribution in [0.5, 0.6) is 0 Å². The van der Waals surface area contributed by atoms with E-state index in [1.165, 1.54) is 31.4 Å². The standard InChI is InChI=1S/C15H21N3OS.2ClH/c16-14-10-4-3-9(5-10)13(14)15(19)17-6-12-18-11(7-20-12)8-1-2-8;;/h7-10,13-14H,1-6,16H2,(H,17,19);2*1H. The molecule has 1 aromatic rings. The highest BCUT2D eigenvalue weighted by Gasteiger charge is 2.48. The maximum absolute atomic E-state index is 12.4. The Hall–Kier alpha value is -0.360. The Morgan fingerprint density at radius 3 is 2.64 bits per heavy atom. The van der Waals surface area contributed by atoms with Crippen LogP contribution in [0.4, 0.5) is 0 Å². The van der Waals surface area contributed by atoms with Gasteiger partial charge >= 0.3 is 0 Å². The van der Waals surface area contributed by atoms with Crippen LogP contribution >= 0.6 is 36.2 Å². The summed E-state index contributed by atoms with van der Waals surface area (Å²) in [7, 11) is 0. The minimum absolute atomic E-state index is 0. The zero-order valence-electron chi connectivity index (χ0n) is 12.4. The average molecular weight is 364 g/mol. The summed E-state index contributed by atoms with van der Waals surface area (Å²) >= 11 is 1.66. The maximum Gasteiger partial charge on any atom is 0.225 e. The fourth-order valence-electron chi connectivity index (χ4n) is 3.98. The van der Waals surface area contributed by atoms with Gasteiger partial charge in [-0.05, 0) is 43.9 Å². The van der Waals surface area contributed by atoms with E-state index in [0.29, 0.717) is 24.3 Å². The van der Waals surface area contributed by atoms with Crippen LogP contribution in [0.3, 0.4) is 0 Å². The molecule has 4 atom stereocenters. The molecule has 0 aliphatic heterocycles. The van der Waals surface area contributed by atoms with Crippen molar-refractivity contribution in [3.63, 3.8) is 0 Å². The number of hydrogen-bond donors (Lipinski definition) is 2. The molecular weight excluding hydrogens is 341 g/mol. The number of hydrogen-bond acceptors (Lipinski definition) is 4. The van der Waals surface area contributed by atoms with Crippen molar-refractivity contribution in [3.05, 3.63) is 16.1 Å². The number of fused-ring (bicyclic) bond motifs is 2. The zero-order chi connectivity index (χ0) is 13.7.